The van der Waals surface area contributed by atoms with Gasteiger partial charge in [-0.2, -0.15) is 0 Å². The highest BCUT2D eigenvalue weighted by molar-refractivity contribution is 5.89. The van der Waals surface area contributed by atoms with E-state index in [-0.39, 0.29) is 5.97 Å². The Kier molecular flexibility index (Phi) is 5.77. The Hall–Kier alpha value is -2.33. The maximum Gasteiger partial charge on any atom is 0.337 e. The molecule has 0 N–H and O–H groups in total. The Bertz CT molecular complexity index is 663. The van der Waals surface area contributed by atoms with Gasteiger partial charge in [-0.25, -0.2) is 4.79 Å². The Labute approximate surface area is 137 Å². The molecular formula is C19H23NO3. The normalized spacial score (nSPS) is 10.7. The molecule has 0 atom stereocenters. The molecule has 0 aliphatic rings. The number of ether oxygens (including phenoxy) is 2. The lowest BCUT2D eigenvalue weighted by Gasteiger charge is -2.16. The van der Waals surface area contributed by atoms with Crippen molar-refractivity contribution in [1.82, 2.24) is 4.90 Å². The van der Waals surface area contributed by atoms with Crippen LogP contribution in [0.3, 0.4) is 0 Å². The van der Waals surface area contributed by atoms with Crippen molar-refractivity contribution in [3.63, 3.8) is 0 Å². The first-order valence-corrected chi connectivity index (χ1v) is 7.66. The number of carbonyl (C=O) groups is 1. The molecule has 4 nitrogen and oxygen atoms in total. The average molecular weight is 313 g/mol. The van der Waals surface area contributed by atoms with Crippen LogP contribution < -0.4 is 4.74 Å². The Morgan fingerprint density at radius 2 is 1.78 bits per heavy atom. The van der Waals surface area contributed by atoms with Crippen LogP contribution >= 0.6 is 0 Å². The Balaban J connectivity index is 2.29. The largest absolute Gasteiger partial charge is 0.465 e. The summed E-state index contributed by atoms with van der Waals surface area (Å²) in [7, 11) is 5.34. The van der Waals surface area contributed by atoms with Crippen LogP contribution in [0.5, 0.6) is 11.5 Å². The van der Waals surface area contributed by atoms with Crippen LogP contribution in [0.4, 0.5) is 0 Å². The standard InChI is InChI=1S/C19H23NO3/c1-5-14-6-9-17(10-7-14)23-18-11-8-15(19(21)22-4)12-16(18)13-20(2)3/h6-12H,5,13H2,1-4H3. The molecule has 2 rings (SSSR count). The molecule has 0 aromatic heterocycles. The van der Waals surface area contributed by atoms with Gasteiger partial charge >= 0.3 is 5.97 Å². The van der Waals surface area contributed by atoms with Crippen molar-refractivity contribution in [2.75, 3.05) is 21.2 Å². The van der Waals surface area contributed by atoms with Gasteiger partial charge in [0, 0.05) is 12.1 Å². The lowest BCUT2D eigenvalue weighted by Crippen LogP contribution is -2.12. The minimum absolute atomic E-state index is 0.344. The van der Waals surface area contributed by atoms with Gasteiger partial charge in [-0.1, -0.05) is 19.1 Å². The Morgan fingerprint density at radius 1 is 1.09 bits per heavy atom. The summed E-state index contributed by atoms with van der Waals surface area (Å²) in [6.45, 7) is 2.80. The quantitative estimate of drug-likeness (QED) is 0.758. The van der Waals surface area contributed by atoms with Crippen molar-refractivity contribution < 1.29 is 14.3 Å². The Morgan fingerprint density at radius 3 is 2.35 bits per heavy atom. The van der Waals surface area contributed by atoms with Crippen LogP contribution in [0.2, 0.25) is 0 Å². The SMILES string of the molecule is CCc1ccc(Oc2ccc(C(=O)OC)cc2CN(C)C)cc1. The van der Waals surface area contributed by atoms with Gasteiger partial charge in [0.05, 0.1) is 12.7 Å². The van der Waals surface area contributed by atoms with Crippen LogP contribution in [-0.2, 0) is 17.7 Å². The number of hydrogen-bond donors (Lipinski definition) is 0. The van der Waals surface area contributed by atoms with Gasteiger partial charge in [0.25, 0.3) is 0 Å². The maximum absolute atomic E-state index is 11.7. The lowest BCUT2D eigenvalue weighted by atomic mass is 10.1. The maximum atomic E-state index is 11.7. The molecule has 122 valence electrons. The van der Waals surface area contributed by atoms with Crippen LogP contribution in [0.15, 0.2) is 42.5 Å². The van der Waals surface area contributed by atoms with E-state index in [1.807, 2.05) is 43.3 Å². The van der Waals surface area contributed by atoms with E-state index in [9.17, 15) is 4.79 Å². The van der Waals surface area contributed by atoms with E-state index < -0.39 is 0 Å². The van der Waals surface area contributed by atoms with Crippen LogP contribution in [0.25, 0.3) is 0 Å². The third-order valence-electron chi connectivity index (χ3n) is 3.53. The second-order valence-corrected chi connectivity index (χ2v) is 5.65. The molecule has 0 spiro atoms. The fourth-order valence-electron chi connectivity index (χ4n) is 2.31. The predicted octanol–water partition coefficient (Wildman–Crippen LogP) is 3.89. The molecule has 0 saturated heterocycles. The first-order chi connectivity index (χ1) is 11.0. The highest BCUT2D eigenvalue weighted by Crippen LogP contribution is 2.27. The van der Waals surface area contributed by atoms with Gasteiger partial charge in [-0.15, -0.1) is 0 Å². The summed E-state index contributed by atoms with van der Waals surface area (Å²) in [5.74, 6) is 1.19. The zero-order valence-corrected chi connectivity index (χ0v) is 14.1. The molecule has 0 unspecified atom stereocenters. The summed E-state index contributed by atoms with van der Waals surface area (Å²) in [5.41, 5.74) is 2.74. The first-order valence-electron chi connectivity index (χ1n) is 7.66. The molecule has 0 aliphatic heterocycles. The monoisotopic (exact) mass is 313 g/mol. The molecule has 23 heavy (non-hydrogen) atoms. The van der Waals surface area contributed by atoms with Gasteiger partial charge in [-0.3, -0.25) is 0 Å². The summed E-state index contributed by atoms with van der Waals surface area (Å²) in [6, 6.07) is 13.4. The zero-order valence-electron chi connectivity index (χ0n) is 14.1. The molecule has 0 fully saturated rings. The highest BCUT2D eigenvalue weighted by Gasteiger charge is 2.12. The number of benzene rings is 2. The topological polar surface area (TPSA) is 38.8 Å². The molecule has 4 heteroatoms. The molecule has 0 aliphatic carbocycles. The van der Waals surface area contributed by atoms with Crippen molar-refractivity contribution in [3.05, 3.63) is 59.2 Å². The fraction of sp³-hybridized carbons (Fsp3) is 0.316. The van der Waals surface area contributed by atoms with Crippen molar-refractivity contribution in [2.45, 2.75) is 19.9 Å². The van der Waals surface area contributed by atoms with E-state index in [2.05, 4.69) is 19.1 Å². The third-order valence-corrected chi connectivity index (χ3v) is 3.53. The summed E-state index contributed by atoms with van der Waals surface area (Å²) in [5, 5.41) is 0. The number of methoxy groups -OCH3 is 1. The molecule has 2 aromatic rings. The summed E-state index contributed by atoms with van der Waals surface area (Å²) >= 11 is 0. The van der Waals surface area contributed by atoms with Gasteiger partial charge in [0.15, 0.2) is 0 Å². The van der Waals surface area contributed by atoms with E-state index >= 15 is 0 Å². The molecule has 0 saturated carbocycles. The predicted molar refractivity (Wildman–Crippen MR) is 91.1 cm³/mol. The van der Waals surface area contributed by atoms with Crippen molar-refractivity contribution in [3.8, 4) is 11.5 Å². The number of hydrogen-bond acceptors (Lipinski definition) is 4. The zero-order chi connectivity index (χ0) is 16.8. The average Bonchev–Trinajstić information content (AvgIpc) is 2.56. The number of carbonyl (C=O) groups excluding carboxylic acids is 1. The van der Waals surface area contributed by atoms with E-state index in [4.69, 9.17) is 9.47 Å². The smallest absolute Gasteiger partial charge is 0.337 e. The molecule has 0 heterocycles. The molecule has 2 aromatic carbocycles. The van der Waals surface area contributed by atoms with E-state index in [0.717, 1.165) is 23.5 Å². The summed E-state index contributed by atoms with van der Waals surface area (Å²) < 4.78 is 10.8. The van der Waals surface area contributed by atoms with E-state index in [1.165, 1.54) is 12.7 Å². The highest BCUT2D eigenvalue weighted by atomic mass is 16.5. The molecular weight excluding hydrogens is 290 g/mol. The van der Waals surface area contributed by atoms with E-state index in [1.54, 1.807) is 6.07 Å². The molecule has 0 bridgehead atoms. The van der Waals surface area contributed by atoms with Crippen LogP contribution in [0, 0.1) is 0 Å². The second kappa shape index (κ2) is 7.79. The van der Waals surface area contributed by atoms with Crippen LogP contribution in [-0.4, -0.2) is 32.1 Å². The van der Waals surface area contributed by atoms with Crippen molar-refractivity contribution >= 4 is 5.97 Å². The second-order valence-electron chi connectivity index (χ2n) is 5.65. The lowest BCUT2D eigenvalue weighted by molar-refractivity contribution is 0.0600. The van der Waals surface area contributed by atoms with Gasteiger partial charge in [0.1, 0.15) is 11.5 Å². The first kappa shape index (κ1) is 17.0. The number of nitrogens with zero attached hydrogens (tertiary/aromatic N) is 1. The summed E-state index contributed by atoms with van der Waals surface area (Å²) in [4.78, 5) is 13.7. The number of aryl methyl sites for hydroxylation is 1. The fourth-order valence-corrected chi connectivity index (χ4v) is 2.31. The van der Waals surface area contributed by atoms with Crippen molar-refractivity contribution in [2.24, 2.45) is 0 Å². The number of esters is 1. The van der Waals surface area contributed by atoms with Crippen molar-refractivity contribution in [1.29, 1.82) is 0 Å². The molecule has 0 amide bonds. The number of rotatable bonds is 6. The minimum atomic E-state index is -0.344. The van der Waals surface area contributed by atoms with Crippen LogP contribution in [0.1, 0.15) is 28.4 Å². The van der Waals surface area contributed by atoms with Gasteiger partial charge < -0.3 is 14.4 Å². The molecule has 0 radical (unpaired) electrons. The third kappa shape index (κ3) is 4.57. The summed E-state index contributed by atoms with van der Waals surface area (Å²) in [6.07, 6.45) is 1.000. The van der Waals surface area contributed by atoms with Gasteiger partial charge in [-0.05, 0) is 56.4 Å². The van der Waals surface area contributed by atoms with Gasteiger partial charge in [0.2, 0.25) is 0 Å². The minimum Gasteiger partial charge on any atom is -0.465 e. The van der Waals surface area contributed by atoms with E-state index in [0.29, 0.717) is 12.1 Å².